The quantitative estimate of drug-likeness (QED) is 0.790. The largest absolute Gasteiger partial charge is 0.407 e. The van der Waals surface area contributed by atoms with Crippen molar-refractivity contribution in [3.63, 3.8) is 0 Å². The first-order valence-electron chi connectivity index (χ1n) is 7.88. The molecule has 1 aliphatic heterocycles. The van der Waals surface area contributed by atoms with Crippen LogP contribution in [0.5, 0.6) is 0 Å². The summed E-state index contributed by atoms with van der Waals surface area (Å²) in [4.78, 5) is 17.3. The van der Waals surface area contributed by atoms with Gasteiger partial charge in [-0.15, -0.1) is 0 Å². The van der Waals surface area contributed by atoms with Crippen molar-refractivity contribution in [3.8, 4) is 0 Å². The van der Waals surface area contributed by atoms with Gasteiger partial charge in [0.15, 0.2) is 8.32 Å². The van der Waals surface area contributed by atoms with Crippen LogP contribution >= 0.6 is 0 Å². The Morgan fingerprint density at radius 3 is 2.64 bits per heavy atom. The molecule has 1 aromatic carbocycles. The molecule has 0 radical (unpaired) electrons. The lowest BCUT2D eigenvalue weighted by Gasteiger charge is -2.38. The summed E-state index contributed by atoms with van der Waals surface area (Å²) in [5.74, 6) is 0.800. The number of benzene rings is 1. The fourth-order valence-corrected chi connectivity index (χ4v) is 3.95. The molecule has 0 aliphatic carbocycles. The highest BCUT2D eigenvalue weighted by Gasteiger charge is 2.41. The number of rotatable bonds is 2. The van der Waals surface area contributed by atoms with Crippen LogP contribution in [0.2, 0.25) is 18.1 Å². The summed E-state index contributed by atoms with van der Waals surface area (Å²) in [6.07, 6.45) is 0.781. The van der Waals surface area contributed by atoms with E-state index in [0.29, 0.717) is 11.9 Å². The van der Waals surface area contributed by atoms with Gasteiger partial charge in [-0.25, -0.2) is 4.98 Å². The number of nitrogens with zero attached hydrogens (tertiary/aromatic N) is 2. The van der Waals surface area contributed by atoms with Crippen molar-refractivity contribution < 1.29 is 4.43 Å². The third-order valence-electron chi connectivity index (χ3n) is 5.04. The smallest absolute Gasteiger partial charge is 0.261 e. The predicted octanol–water partition coefficient (Wildman–Crippen LogP) is 3.86. The van der Waals surface area contributed by atoms with E-state index in [1.165, 1.54) is 0 Å². The SMILES string of the molecule is CC(C)(C)[Si](C)(C)O[C@H]1CCn2c1nc1ccccc1c2=O. The van der Waals surface area contributed by atoms with E-state index in [-0.39, 0.29) is 16.7 Å². The number of fused-ring (bicyclic) bond motifs is 2. The Morgan fingerprint density at radius 1 is 1.27 bits per heavy atom. The molecular formula is C17H24N2O2Si. The van der Waals surface area contributed by atoms with Gasteiger partial charge in [0.1, 0.15) is 11.9 Å². The topological polar surface area (TPSA) is 44.1 Å². The van der Waals surface area contributed by atoms with Crippen molar-refractivity contribution in [1.29, 1.82) is 0 Å². The molecule has 5 heteroatoms. The lowest BCUT2D eigenvalue weighted by Crippen LogP contribution is -2.41. The average Bonchev–Trinajstić information content (AvgIpc) is 2.81. The molecule has 0 unspecified atom stereocenters. The summed E-state index contributed by atoms with van der Waals surface area (Å²) in [6.45, 7) is 11.9. The fraction of sp³-hybridized carbons (Fsp3) is 0.529. The van der Waals surface area contributed by atoms with Crippen molar-refractivity contribution in [2.75, 3.05) is 0 Å². The van der Waals surface area contributed by atoms with Crippen LogP contribution in [0.25, 0.3) is 10.9 Å². The highest BCUT2D eigenvalue weighted by Crippen LogP contribution is 2.41. The molecule has 1 aromatic heterocycles. The third-order valence-corrected chi connectivity index (χ3v) is 9.52. The molecule has 0 N–H and O–H groups in total. The van der Waals surface area contributed by atoms with Crippen LogP contribution in [-0.2, 0) is 11.0 Å². The summed E-state index contributed by atoms with van der Waals surface area (Å²) in [5.41, 5.74) is 0.825. The Labute approximate surface area is 132 Å². The van der Waals surface area contributed by atoms with E-state index in [4.69, 9.17) is 9.41 Å². The Balaban J connectivity index is 2.04. The van der Waals surface area contributed by atoms with E-state index in [0.717, 1.165) is 17.8 Å². The van der Waals surface area contributed by atoms with Crippen molar-refractivity contribution in [2.45, 2.75) is 58.0 Å². The van der Waals surface area contributed by atoms with Gasteiger partial charge in [-0.1, -0.05) is 32.9 Å². The van der Waals surface area contributed by atoms with Crippen LogP contribution < -0.4 is 5.56 Å². The third kappa shape index (κ3) is 2.42. The van der Waals surface area contributed by atoms with Crippen molar-refractivity contribution >= 4 is 19.2 Å². The van der Waals surface area contributed by atoms with E-state index in [1.54, 1.807) is 4.57 Å². The average molecular weight is 316 g/mol. The molecule has 118 valence electrons. The number of hydrogen-bond donors (Lipinski definition) is 0. The lowest BCUT2D eigenvalue weighted by atomic mass is 10.2. The Hall–Kier alpha value is -1.46. The van der Waals surface area contributed by atoms with Gasteiger partial charge in [0.25, 0.3) is 5.56 Å². The highest BCUT2D eigenvalue weighted by atomic mass is 28.4. The van der Waals surface area contributed by atoms with Gasteiger partial charge in [-0.3, -0.25) is 9.36 Å². The van der Waals surface area contributed by atoms with E-state index in [1.807, 2.05) is 24.3 Å². The number of aromatic nitrogens is 2. The zero-order valence-corrected chi connectivity index (χ0v) is 15.0. The predicted molar refractivity (Wildman–Crippen MR) is 91.6 cm³/mol. The van der Waals surface area contributed by atoms with Gasteiger partial charge >= 0.3 is 0 Å². The molecule has 1 atom stereocenters. The second-order valence-electron chi connectivity index (χ2n) is 7.60. The standard InChI is InChI=1S/C17H24N2O2Si/c1-17(2,3)22(4,5)21-14-10-11-19-15(14)18-13-9-7-6-8-12(13)16(19)20/h6-9,14H,10-11H2,1-5H3/t14-/m0/s1. The van der Waals surface area contributed by atoms with Crippen LogP contribution in [0.1, 0.15) is 39.1 Å². The van der Waals surface area contributed by atoms with Gasteiger partial charge in [0.2, 0.25) is 0 Å². The molecule has 2 heterocycles. The second-order valence-corrected chi connectivity index (χ2v) is 12.4. The van der Waals surface area contributed by atoms with E-state index >= 15 is 0 Å². The number of hydrogen-bond acceptors (Lipinski definition) is 3. The van der Waals surface area contributed by atoms with Crippen LogP contribution in [-0.4, -0.2) is 17.9 Å². The van der Waals surface area contributed by atoms with E-state index in [9.17, 15) is 4.79 Å². The molecule has 0 spiro atoms. The summed E-state index contributed by atoms with van der Waals surface area (Å²) < 4.78 is 8.30. The van der Waals surface area contributed by atoms with Crippen LogP contribution in [0, 0.1) is 0 Å². The maximum atomic E-state index is 12.6. The van der Waals surface area contributed by atoms with Crippen LogP contribution in [0.15, 0.2) is 29.1 Å². The Bertz CT molecular complexity index is 774. The molecular weight excluding hydrogens is 292 g/mol. The maximum Gasteiger partial charge on any atom is 0.261 e. The maximum absolute atomic E-state index is 12.6. The Morgan fingerprint density at radius 2 is 1.95 bits per heavy atom. The summed E-state index contributed by atoms with van der Waals surface area (Å²) >= 11 is 0. The van der Waals surface area contributed by atoms with Gasteiger partial charge in [-0.05, 0) is 36.7 Å². The van der Waals surface area contributed by atoms with Crippen molar-refractivity contribution in [1.82, 2.24) is 9.55 Å². The summed E-state index contributed by atoms with van der Waals surface area (Å²) in [6, 6.07) is 7.56. The highest BCUT2D eigenvalue weighted by molar-refractivity contribution is 6.74. The van der Waals surface area contributed by atoms with E-state index < -0.39 is 8.32 Å². The van der Waals surface area contributed by atoms with E-state index in [2.05, 4.69) is 33.9 Å². The minimum atomic E-state index is -1.88. The number of para-hydroxylation sites is 1. The van der Waals surface area contributed by atoms with Crippen molar-refractivity contribution in [2.24, 2.45) is 0 Å². The lowest BCUT2D eigenvalue weighted by molar-refractivity contribution is 0.181. The molecule has 0 bridgehead atoms. The molecule has 3 rings (SSSR count). The molecule has 0 fully saturated rings. The minimum absolute atomic E-state index is 0.0572. The molecule has 22 heavy (non-hydrogen) atoms. The van der Waals surface area contributed by atoms with Gasteiger partial charge in [0.05, 0.1) is 10.9 Å². The fourth-order valence-electron chi connectivity index (χ4n) is 2.67. The normalized spacial score (nSPS) is 18.7. The molecule has 0 saturated carbocycles. The van der Waals surface area contributed by atoms with Gasteiger partial charge in [0, 0.05) is 6.54 Å². The van der Waals surface area contributed by atoms with Crippen LogP contribution in [0.4, 0.5) is 0 Å². The second kappa shape index (κ2) is 5.03. The summed E-state index contributed by atoms with van der Waals surface area (Å²) in [7, 11) is -1.88. The molecule has 0 saturated heterocycles. The van der Waals surface area contributed by atoms with Gasteiger partial charge < -0.3 is 4.43 Å². The molecule has 4 nitrogen and oxygen atoms in total. The molecule has 1 aliphatic rings. The monoisotopic (exact) mass is 316 g/mol. The zero-order valence-electron chi connectivity index (χ0n) is 14.0. The van der Waals surface area contributed by atoms with Crippen molar-refractivity contribution in [3.05, 3.63) is 40.4 Å². The first-order chi connectivity index (χ1) is 10.2. The first-order valence-corrected chi connectivity index (χ1v) is 10.8. The zero-order chi connectivity index (χ0) is 16.1. The molecule has 0 amide bonds. The van der Waals surface area contributed by atoms with Crippen LogP contribution in [0.3, 0.4) is 0 Å². The minimum Gasteiger partial charge on any atom is -0.407 e. The Kier molecular flexibility index (Phi) is 3.53. The first kappa shape index (κ1) is 15.4. The summed E-state index contributed by atoms with van der Waals surface area (Å²) in [5, 5.41) is 0.844. The molecule has 2 aromatic rings. The van der Waals surface area contributed by atoms with Gasteiger partial charge in [-0.2, -0.15) is 0 Å².